The molecule has 0 saturated carbocycles. The van der Waals surface area contributed by atoms with Gasteiger partial charge in [0, 0.05) is 11.1 Å². The minimum Gasteiger partial charge on any atom is -0.508 e. The molecule has 0 aromatic heterocycles. The fraction of sp³-hybridized carbons (Fsp3) is 0.400. The van der Waals surface area contributed by atoms with E-state index < -0.39 is 11.7 Å². The predicted octanol–water partition coefficient (Wildman–Crippen LogP) is 4.24. The molecule has 2 aromatic rings. The summed E-state index contributed by atoms with van der Waals surface area (Å²) in [6.45, 7) is 9.37. The topological polar surface area (TPSA) is 85.2 Å². The van der Waals surface area contributed by atoms with E-state index in [-0.39, 0.29) is 36.1 Å². The van der Waals surface area contributed by atoms with E-state index in [9.17, 15) is 15.0 Å². The average molecular weight is 424 g/mol. The lowest BCUT2D eigenvalue weighted by Crippen LogP contribution is -2.46. The number of ketones is 1. The molecule has 2 aliphatic heterocycles. The third-order valence-electron chi connectivity index (χ3n) is 5.74. The van der Waals surface area contributed by atoms with Crippen molar-refractivity contribution in [3.63, 3.8) is 0 Å². The lowest BCUT2D eigenvalue weighted by molar-refractivity contribution is -0.0657. The average Bonchev–Trinajstić information content (AvgIpc) is 2.85. The molecule has 4 rings (SSSR count). The van der Waals surface area contributed by atoms with Crippen LogP contribution >= 0.6 is 0 Å². The number of hydrogen-bond donors (Lipinski definition) is 2. The van der Waals surface area contributed by atoms with Crippen molar-refractivity contribution < 1.29 is 29.2 Å². The second-order valence-corrected chi connectivity index (χ2v) is 9.00. The van der Waals surface area contributed by atoms with Crippen LogP contribution in [0.1, 0.15) is 60.3 Å². The molecule has 0 spiro atoms. The fourth-order valence-corrected chi connectivity index (χ4v) is 3.93. The second kappa shape index (κ2) is 7.61. The molecule has 0 bridgehead atoms. The second-order valence-electron chi connectivity index (χ2n) is 9.00. The molecule has 0 fully saturated rings. The van der Waals surface area contributed by atoms with Crippen molar-refractivity contribution in [1.82, 2.24) is 0 Å². The van der Waals surface area contributed by atoms with Crippen molar-refractivity contribution in [1.29, 1.82) is 0 Å². The Balaban J connectivity index is 1.92. The van der Waals surface area contributed by atoms with Crippen LogP contribution in [0.2, 0.25) is 0 Å². The largest absolute Gasteiger partial charge is 0.508 e. The number of aryl methyl sites for hydroxylation is 1. The van der Waals surface area contributed by atoms with Crippen molar-refractivity contribution in [2.45, 2.75) is 59.4 Å². The summed E-state index contributed by atoms with van der Waals surface area (Å²) in [5, 5.41) is 20.9. The predicted molar refractivity (Wildman–Crippen MR) is 116 cm³/mol. The minimum absolute atomic E-state index is 0.0233. The highest BCUT2D eigenvalue weighted by molar-refractivity contribution is 6.15. The highest BCUT2D eigenvalue weighted by Gasteiger charge is 2.39. The van der Waals surface area contributed by atoms with Crippen LogP contribution in [0.15, 0.2) is 29.8 Å². The maximum Gasteiger partial charge on any atom is 0.201 e. The normalized spacial score (nSPS) is 17.2. The van der Waals surface area contributed by atoms with E-state index in [0.29, 0.717) is 29.0 Å². The summed E-state index contributed by atoms with van der Waals surface area (Å²) in [6.07, 6.45) is 1.96. The molecule has 2 aromatic carbocycles. The molecule has 6 heteroatoms. The number of carbonyl (C=O) groups is 1. The lowest BCUT2D eigenvalue weighted by atomic mass is 9.90. The molecule has 0 radical (unpaired) electrons. The van der Waals surface area contributed by atoms with Crippen LogP contribution in [0.4, 0.5) is 0 Å². The molecule has 0 unspecified atom stereocenters. The van der Waals surface area contributed by atoms with Gasteiger partial charge >= 0.3 is 0 Å². The van der Waals surface area contributed by atoms with Gasteiger partial charge in [0.2, 0.25) is 5.78 Å². The molecule has 1 atom stereocenters. The first-order valence-electron chi connectivity index (χ1n) is 10.4. The van der Waals surface area contributed by atoms with Crippen LogP contribution in [0.5, 0.6) is 23.0 Å². The molecule has 164 valence electrons. The fourth-order valence-electron chi connectivity index (χ4n) is 3.93. The van der Waals surface area contributed by atoms with E-state index in [2.05, 4.69) is 0 Å². The van der Waals surface area contributed by atoms with Gasteiger partial charge in [-0.1, -0.05) is 17.7 Å². The first-order valence-corrected chi connectivity index (χ1v) is 10.4. The number of carbonyl (C=O) groups excluding carboxylic acids is 1. The van der Waals surface area contributed by atoms with Crippen molar-refractivity contribution in [3.8, 4) is 23.0 Å². The number of phenols is 1. The summed E-state index contributed by atoms with van der Waals surface area (Å²) >= 11 is 0. The number of allylic oxidation sites excluding steroid dienone is 2. The molecule has 2 heterocycles. The first-order chi connectivity index (χ1) is 14.6. The van der Waals surface area contributed by atoms with Crippen molar-refractivity contribution >= 4 is 5.78 Å². The lowest BCUT2D eigenvalue weighted by Gasteiger charge is -2.35. The Morgan fingerprint density at radius 2 is 1.94 bits per heavy atom. The van der Waals surface area contributed by atoms with Crippen LogP contribution in [0.3, 0.4) is 0 Å². The van der Waals surface area contributed by atoms with Gasteiger partial charge in [0.1, 0.15) is 30.3 Å². The standard InChI is InChI=1S/C25H28O6/c1-13(2)6-7-15-8-9-17(26)16-11-30-23-14(3)10-18-24(21(23)22(27)20(15)16)31-19(12-29-18)25(4,5)28/h6,8-10,19,26,28H,7,11-12H2,1-5H3/t19-/m1/s1. The van der Waals surface area contributed by atoms with Gasteiger partial charge in [0.25, 0.3) is 0 Å². The van der Waals surface area contributed by atoms with Crippen LogP contribution in [-0.4, -0.2) is 34.3 Å². The molecule has 0 amide bonds. The van der Waals surface area contributed by atoms with Gasteiger partial charge in [-0.05, 0) is 64.3 Å². The molecule has 31 heavy (non-hydrogen) atoms. The van der Waals surface area contributed by atoms with E-state index in [0.717, 1.165) is 16.7 Å². The van der Waals surface area contributed by atoms with Crippen LogP contribution in [0, 0.1) is 6.92 Å². The van der Waals surface area contributed by atoms with Gasteiger partial charge in [0.15, 0.2) is 17.6 Å². The summed E-state index contributed by atoms with van der Waals surface area (Å²) in [6, 6.07) is 5.16. The Morgan fingerprint density at radius 1 is 1.19 bits per heavy atom. The Bertz CT molecular complexity index is 1090. The third kappa shape index (κ3) is 3.76. The minimum atomic E-state index is -1.16. The van der Waals surface area contributed by atoms with Gasteiger partial charge in [-0.25, -0.2) is 0 Å². The van der Waals surface area contributed by atoms with Gasteiger partial charge in [-0.15, -0.1) is 0 Å². The smallest absolute Gasteiger partial charge is 0.201 e. The molecule has 0 saturated heterocycles. The van der Waals surface area contributed by atoms with E-state index >= 15 is 0 Å². The number of ether oxygens (including phenoxy) is 3. The SMILES string of the molecule is CC(C)=CCc1ccc(O)c2c1C(=O)c1c(c(C)cc3c1O[C@@H](C(C)(C)O)CO3)OC2. The number of benzene rings is 2. The third-order valence-corrected chi connectivity index (χ3v) is 5.74. The van der Waals surface area contributed by atoms with Crippen molar-refractivity contribution in [3.05, 3.63) is 57.7 Å². The van der Waals surface area contributed by atoms with E-state index in [1.54, 1.807) is 32.0 Å². The summed E-state index contributed by atoms with van der Waals surface area (Å²) < 4.78 is 18.0. The molecular formula is C25H28O6. The molecule has 2 aliphatic rings. The maximum atomic E-state index is 13.9. The highest BCUT2D eigenvalue weighted by atomic mass is 16.6. The zero-order chi connectivity index (χ0) is 22.5. The van der Waals surface area contributed by atoms with Gasteiger partial charge in [-0.3, -0.25) is 4.79 Å². The van der Waals surface area contributed by atoms with Gasteiger partial charge in [0.05, 0.1) is 5.60 Å². The Hall–Kier alpha value is -2.99. The zero-order valence-corrected chi connectivity index (χ0v) is 18.5. The van der Waals surface area contributed by atoms with E-state index in [1.165, 1.54) is 0 Å². The maximum absolute atomic E-state index is 13.9. The molecule has 0 aliphatic carbocycles. The van der Waals surface area contributed by atoms with Crippen LogP contribution < -0.4 is 14.2 Å². The molecular weight excluding hydrogens is 396 g/mol. The Labute approximate surface area is 182 Å². The van der Waals surface area contributed by atoms with E-state index in [4.69, 9.17) is 14.2 Å². The number of phenolic OH excluding ortho intramolecular Hbond substituents is 1. The zero-order valence-electron chi connectivity index (χ0n) is 18.5. The number of rotatable bonds is 3. The van der Waals surface area contributed by atoms with Crippen LogP contribution in [-0.2, 0) is 13.0 Å². The Morgan fingerprint density at radius 3 is 2.61 bits per heavy atom. The monoisotopic (exact) mass is 424 g/mol. The summed E-state index contributed by atoms with van der Waals surface area (Å²) in [5.41, 5.74) is 2.69. The number of fused-ring (bicyclic) bond motifs is 4. The highest BCUT2D eigenvalue weighted by Crippen LogP contribution is 2.47. The quantitative estimate of drug-likeness (QED) is 0.717. The van der Waals surface area contributed by atoms with Crippen molar-refractivity contribution in [2.24, 2.45) is 0 Å². The molecule has 6 nitrogen and oxygen atoms in total. The summed E-state index contributed by atoms with van der Waals surface area (Å²) in [7, 11) is 0. The van der Waals surface area contributed by atoms with E-state index in [1.807, 2.05) is 26.8 Å². The van der Waals surface area contributed by atoms with Crippen molar-refractivity contribution in [2.75, 3.05) is 6.61 Å². The summed E-state index contributed by atoms with van der Waals surface area (Å²) in [5.74, 6) is 0.870. The van der Waals surface area contributed by atoms with Crippen LogP contribution in [0.25, 0.3) is 0 Å². The molecule has 2 N–H and O–H groups in total. The number of aromatic hydroxyl groups is 1. The van der Waals surface area contributed by atoms with Gasteiger partial charge < -0.3 is 24.4 Å². The Kier molecular flexibility index (Phi) is 5.21. The first kappa shape index (κ1) is 21.2. The van der Waals surface area contributed by atoms with Gasteiger partial charge in [-0.2, -0.15) is 0 Å². The number of hydrogen-bond acceptors (Lipinski definition) is 6. The summed E-state index contributed by atoms with van der Waals surface area (Å²) in [4.78, 5) is 13.9. The number of aliphatic hydroxyl groups is 1.